The Hall–Kier alpha value is -2.67. The van der Waals surface area contributed by atoms with Gasteiger partial charge < -0.3 is 19.7 Å². The summed E-state index contributed by atoms with van der Waals surface area (Å²) >= 11 is 4.34. The largest absolute Gasteiger partial charge is 0.493 e. The van der Waals surface area contributed by atoms with E-state index >= 15 is 0 Å². The topological polar surface area (TPSA) is 67.9 Å². The molecular formula is C22H26N2O4S. The van der Waals surface area contributed by atoms with E-state index < -0.39 is 0 Å². The number of nitrogens with zero attached hydrogens (tertiary/aromatic N) is 1. The van der Waals surface area contributed by atoms with Gasteiger partial charge in [-0.3, -0.25) is 9.59 Å². The Morgan fingerprint density at radius 1 is 1.07 bits per heavy atom. The minimum absolute atomic E-state index is 0.0561. The van der Waals surface area contributed by atoms with Crippen molar-refractivity contribution in [2.24, 2.45) is 0 Å². The van der Waals surface area contributed by atoms with E-state index in [-0.39, 0.29) is 17.9 Å². The molecule has 0 atom stereocenters. The van der Waals surface area contributed by atoms with E-state index in [1.165, 1.54) is 0 Å². The van der Waals surface area contributed by atoms with Crippen LogP contribution in [0, 0.1) is 0 Å². The van der Waals surface area contributed by atoms with Crippen molar-refractivity contribution >= 4 is 24.4 Å². The van der Waals surface area contributed by atoms with Crippen LogP contribution in [0.2, 0.25) is 0 Å². The number of carbonyl (C=O) groups excluding carboxylic acids is 2. The van der Waals surface area contributed by atoms with Gasteiger partial charge in [0.1, 0.15) is 0 Å². The molecule has 1 fully saturated rings. The Bertz CT molecular complexity index is 879. The maximum absolute atomic E-state index is 12.7. The molecule has 1 N–H and O–H groups in total. The van der Waals surface area contributed by atoms with Crippen LogP contribution in [0.1, 0.15) is 28.8 Å². The van der Waals surface area contributed by atoms with Crippen LogP contribution >= 0.6 is 12.6 Å². The summed E-state index contributed by atoms with van der Waals surface area (Å²) in [5.74, 6) is 1.21. The monoisotopic (exact) mass is 414 g/mol. The highest BCUT2D eigenvalue weighted by Crippen LogP contribution is 2.28. The molecule has 2 aromatic carbocycles. The predicted octanol–water partition coefficient (Wildman–Crippen LogP) is 2.96. The van der Waals surface area contributed by atoms with Gasteiger partial charge in [0, 0.05) is 24.0 Å². The van der Waals surface area contributed by atoms with Gasteiger partial charge in [-0.1, -0.05) is 18.2 Å². The maximum Gasteiger partial charge on any atom is 0.252 e. The first-order valence-corrected chi connectivity index (χ1v) is 10.0. The zero-order valence-corrected chi connectivity index (χ0v) is 17.6. The SMILES string of the molecule is COc1ccc(CC(=O)N2CCC(NC(=O)c3ccccc3S)CC2)cc1OC. The molecule has 0 aromatic heterocycles. The molecule has 0 unspecified atom stereocenters. The van der Waals surface area contributed by atoms with Gasteiger partial charge in [-0.2, -0.15) is 0 Å². The van der Waals surface area contributed by atoms with Crippen molar-refractivity contribution in [2.45, 2.75) is 30.2 Å². The fourth-order valence-electron chi connectivity index (χ4n) is 3.48. The summed E-state index contributed by atoms with van der Waals surface area (Å²) in [5.41, 5.74) is 1.45. The third kappa shape index (κ3) is 5.23. The Balaban J connectivity index is 1.52. The number of nitrogens with one attached hydrogen (secondary N) is 1. The number of thiol groups is 1. The number of likely N-dealkylation sites (tertiary alicyclic amines) is 1. The van der Waals surface area contributed by atoms with E-state index in [0.717, 1.165) is 18.4 Å². The summed E-state index contributed by atoms with van der Waals surface area (Å²) in [6.45, 7) is 1.25. The average molecular weight is 415 g/mol. The highest BCUT2D eigenvalue weighted by Gasteiger charge is 2.24. The van der Waals surface area contributed by atoms with Gasteiger partial charge in [0.25, 0.3) is 5.91 Å². The number of hydrogen-bond donors (Lipinski definition) is 2. The summed E-state index contributed by atoms with van der Waals surface area (Å²) in [4.78, 5) is 27.6. The molecule has 2 amide bonds. The van der Waals surface area contributed by atoms with Gasteiger partial charge >= 0.3 is 0 Å². The van der Waals surface area contributed by atoms with Gasteiger partial charge in [-0.05, 0) is 42.7 Å². The van der Waals surface area contributed by atoms with Crippen LogP contribution in [0.25, 0.3) is 0 Å². The highest BCUT2D eigenvalue weighted by atomic mass is 32.1. The molecule has 2 aromatic rings. The molecule has 1 saturated heterocycles. The summed E-state index contributed by atoms with van der Waals surface area (Å²) in [7, 11) is 3.16. The van der Waals surface area contributed by atoms with Gasteiger partial charge in [0.05, 0.1) is 26.2 Å². The molecule has 1 aliphatic heterocycles. The van der Waals surface area contributed by atoms with Crippen molar-refractivity contribution in [1.82, 2.24) is 10.2 Å². The summed E-state index contributed by atoms with van der Waals surface area (Å²) < 4.78 is 10.5. The second-order valence-electron chi connectivity index (χ2n) is 7.01. The Labute approximate surface area is 176 Å². The molecule has 1 heterocycles. The molecule has 154 valence electrons. The minimum atomic E-state index is -0.120. The van der Waals surface area contributed by atoms with Crippen LogP contribution in [-0.4, -0.2) is 50.1 Å². The second-order valence-corrected chi connectivity index (χ2v) is 7.49. The van der Waals surface area contributed by atoms with Gasteiger partial charge in [-0.15, -0.1) is 12.6 Å². The van der Waals surface area contributed by atoms with E-state index in [1.54, 1.807) is 26.4 Å². The smallest absolute Gasteiger partial charge is 0.252 e. The van der Waals surface area contributed by atoms with Crippen LogP contribution in [-0.2, 0) is 11.2 Å². The number of methoxy groups -OCH3 is 2. The Morgan fingerprint density at radius 3 is 2.41 bits per heavy atom. The number of hydrogen-bond acceptors (Lipinski definition) is 5. The van der Waals surface area contributed by atoms with Crippen LogP contribution in [0.3, 0.4) is 0 Å². The molecule has 1 aliphatic rings. The number of carbonyl (C=O) groups is 2. The summed E-state index contributed by atoms with van der Waals surface area (Å²) in [6.07, 6.45) is 1.78. The highest BCUT2D eigenvalue weighted by molar-refractivity contribution is 7.80. The first kappa shape index (κ1) is 21.0. The summed E-state index contributed by atoms with van der Waals surface area (Å²) in [5, 5.41) is 3.06. The number of ether oxygens (including phenoxy) is 2. The molecule has 6 nitrogen and oxygen atoms in total. The lowest BCUT2D eigenvalue weighted by Crippen LogP contribution is -2.47. The standard InChI is InChI=1S/C22H26N2O4S/c1-27-18-8-7-15(13-19(18)28-2)14-21(25)24-11-9-16(10-12-24)23-22(26)17-5-3-4-6-20(17)29/h3-8,13,16,29H,9-12,14H2,1-2H3,(H,23,26). The quantitative estimate of drug-likeness (QED) is 0.714. The number of rotatable bonds is 6. The van der Waals surface area contributed by atoms with E-state index in [4.69, 9.17) is 9.47 Å². The Morgan fingerprint density at radius 2 is 1.76 bits per heavy atom. The van der Waals surface area contributed by atoms with Crippen LogP contribution in [0.5, 0.6) is 11.5 Å². The fourth-order valence-corrected chi connectivity index (χ4v) is 3.74. The number of benzene rings is 2. The maximum atomic E-state index is 12.7. The number of amides is 2. The van der Waals surface area contributed by atoms with Crippen LogP contribution in [0.15, 0.2) is 47.4 Å². The minimum Gasteiger partial charge on any atom is -0.493 e. The van der Waals surface area contributed by atoms with E-state index in [9.17, 15) is 9.59 Å². The van der Waals surface area contributed by atoms with Crippen molar-refractivity contribution in [3.8, 4) is 11.5 Å². The first-order valence-electron chi connectivity index (χ1n) is 9.59. The van der Waals surface area contributed by atoms with Crippen molar-refractivity contribution < 1.29 is 19.1 Å². The molecule has 7 heteroatoms. The first-order chi connectivity index (χ1) is 14.0. The molecule has 0 spiro atoms. The second kappa shape index (κ2) is 9.69. The molecule has 3 rings (SSSR count). The van der Waals surface area contributed by atoms with Crippen molar-refractivity contribution in [3.63, 3.8) is 0 Å². The number of piperidine rings is 1. The molecule has 29 heavy (non-hydrogen) atoms. The van der Waals surface area contributed by atoms with Gasteiger partial charge in [-0.25, -0.2) is 0 Å². The van der Waals surface area contributed by atoms with Crippen LogP contribution < -0.4 is 14.8 Å². The lowest BCUT2D eigenvalue weighted by molar-refractivity contribution is -0.131. The predicted molar refractivity (Wildman–Crippen MR) is 114 cm³/mol. The van der Waals surface area contributed by atoms with Crippen molar-refractivity contribution in [1.29, 1.82) is 0 Å². The fraction of sp³-hybridized carbons (Fsp3) is 0.364. The average Bonchev–Trinajstić information content (AvgIpc) is 2.74. The van der Waals surface area contributed by atoms with Gasteiger partial charge in [0.2, 0.25) is 5.91 Å². The molecular weight excluding hydrogens is 388 g/mol. The van der Waals surface area contributed by atoms with Crippen molar-refractivity contribution in [2.75, 3.05) is 27.3 Å². The molecule has 0 radical (unpaired) electrons. The molecule has 0 saturated carbocycles. The third-order valence-electron chi connectivity index (χ3n) is 5.13. The molecule has 0 bridgehead atoms. The van der Waals surface area contributed by atoms with Gasteiger partial charge in [0.15, 0.2) is 11.5 Å². The lowest BCUT2D eigenvalue weighted by Gasteiger charge is -2.32. The molecule has 0 aliphatic carbocycles. The normalized spacial score (nSPS) is 14.4. The lowest BCUT2D eigenvalue weighted by atomic mass is 10.0. The van der Waals surface area contributed by atoms with E-state index in [2.05, 4.69) is 17.9 Å². The van der Waals surface area contributed by atoms with Crippen molar-refractivity contribution in [3.05, 3.63) is 53.6 Å². The van der Waals surface area contributed by atoms with E-state index in [1.807, 2.05) is 35.2 Å². The summed E-state index contributed by atoms with van der Waals surface area (Å²) in [6, 6.07) is 12.8. The third-order valence-corrected chi connectivity index (χ3v) is 5.52. The Kier molecular flexibility index (Phi) is 7.04. The van der Waals surface area contributed by atoms with Crippen LogP contribution in [0.4, 0.5) is 0 Å². The van der Waals surface area contributed by atoms with E-state index in [0.29, 0.717) is 41.5 Å². The zero-order chi connectivity index (χ0) is 20.8. The zero-order valence-electron chi connectivity index (χ0n) is 16.7.